The molecule has 5 nitrogen and oxygen atoms in total. The van der Waals surface area contributed by atoms with Crippen molar-refractivity contribution in [1.82, 2.24) is 14.7 Å². The lowest BCUT2D eigenvalue weighted by molar-refractivity contribution is 0.366. The molecule has 3 rings (SSSR count). The fourth-order valence-corrected chi connectivity index (χ4v) is 2.14. The minimum Gasteiger partial charge on any atom is -0.345 e. The molecule has 19 heavy (non-hydrogen) atoms. The standard InChI is InChI=1S/C14H20N4O/c1-9(2)13(15)11-5-6-18(7-11)8-12-16-14(17-19-12)10-3-4-10/h5-7,9-10,13H,3-4,8,15H2,1-2H3. The Balaban J connectivity index is 1.68. The summed E-state index contributed by atoms with van der Waals surface area (Å²) in [6.07, 6.45) is 6.45. The van der Waals surface area contributed by atoms with Gasteiger partial charge in [-0.3, -0.25) is 0 Å². The molecular weight excluding hydrogens is 240 g/mol. The molecule has 1 fully saturated rings. The van der Waals surface area contributed by atoms with Gasteiger partial charge < -0.3 is 14.8 Å². The van der Waals surface area contributed by atoms with Crippen LogP contribution in [0.2, 0.25) is 0 Å². The van der Waals surface area contributed by atoms with Crippen molar-refractivity contribution in [3.8, 4) is 0 Å². The van der Waals surface area contributed by atoms with E-state index >= 15 is 0 Å². The van der Waals surface area contributed by atoms with Gasteiger partial charge in [0.2, 0.25) is 5.89 Å². The number of nitrogens with two attached hydrogens (primary N) is 1. The topological polar surface area (TPSA) is 69.9 Å². The molecule has 0 aromatic carbocycles. The van der Waals surface area contributed by atoms with E-state index in [9.17, 15) is 0 Å². The second-order valence-corrected chi connectivity index (χ2v) is 5.71. The van der Waals surface area contributed by atoms with Crippen LogP contribution < -0.4 is 5.73 Å². The molecule has 0 amide bonds. The molecule has 1 saturated carbocycles. The highest BCUT2D eigenvalue weighted by Crippen LogP contribution is 2.38. The minimum atomic E-state index is 0.0750. The number of nitrogens with zero attached hydrogens (tertiary/aromatic N) is 3. The predicted octanol–water partition coefficient (Wildman–Crippen LogP) is 2.45. The number of rotatable bonds is 5. The maximum absolute atomic E-state index is 6.13. The molecule has 0 aliphatic heterocycles. The van der Waals surface area contributed by atoms with Gasteiger partial charge in [-0.05, 0) is 30.4 Å². The molecule has 2 heterocycles. The normalized spacial score (nSPS) is 17.1. The third-order valence-corrected chi connectivity index (χ3v) is 3.62. The number of hydrogen-bond donors (Lipinski definition) is 1. The summed E-state index contributed by atoms with van der Waals surface area (Å²) in [6, 6.07) is 2.13. The van der Waals surface area contributed by atoms with E-state index in [0.29, 0.717) is 24.3 Å². The molecule has 1 aliphatic rings. The van der Waals surface area contributed by atoms with E-state index in [1.165, 1.54) is 12.8 Å². The van der Waals surface area contributed by atoms with Gasteiger partial charge in [0.1, 0.15) is 6.54 Å². The Morgan fingerprint density at radius 3 is 2.95 bits per heavy atom. The van der Waals surface area contributed by atoms with Gasteiger partial charge in [0.15, 0.2) is 5.82 Å². The monoisotopic (exact) mass is 260 g/mol. The molecule has 0 saturated heterocycles. The summed E-state index contributed by atoms with van der Waals surface area (Å²) < 4.78 is 7.32. The van der Waals surface area contributed by atoms with Crippen LogP contribution in [0.3, 0.4) is 0 Å². The second kappa shape index (κ2) is 4.81. The Kier molecular flexibility index (Phi) is 3.14. The van der Waals surface area contributed by atoms with E-state index in [4.69, 9.17) is 10.3 Å². The lowest BCUT2D eigenvalue weighted by Gasteiger charge is -2.13. The molecule has 2 aromatic rings. The highest BCUT2D eigenvalue weighted by Gasteiger charge is 2.28. The number of hydrogen-bond acceptors (Lipinski definition) is 4. The highest BCUT2D eigenvalue weighted by molar-refractivity contribution is 5.16. The third-order valence-electron chi connectivity index (χ3n) is 3.62. The van der Waals surface area contributed by atoms with E-state index in [1.54, 1.807) is 0 Å². The predicted molar refractivity (Wildman–Crippen MR) is 71.6 cm³/mol. The summed E-state index contributed by atoms with van der Waals surface area (Å²) in [5, 5.41) is 4.02. The maximum Gasteiger partial charge on any atom is 0.246 e. The molecule has 0 radical (unpaired) electrons. The summed E-state index contributed by atoms with van der Waals surface area (Å²) in [7, 11) is 0. The Bertz CT molecular complexity index is 553. The minimum absolute atomic E-state index is 0.0750. The summed E-state index contributed by atoms with van der Waals surface area (Å²) >= 11 is 0. The van der Waals surface area contributed by atoms with E-state index in [2.05, 4.69) is 36.3 Å². The van der Waals surface area contributed by atoms with Crippen molar-refractivity contribution in [1.29, 1.82) is 0 Å². The van der Waals surface area contributed by atoms with Gasteiger partial charge in [-0.25, -0.2) is 0 Å². The van der Waals surface area contributed by atoms with Gasteiger partial charge in [0.25, 0.3) is 0 Å². The smallest absolute Gasteiger partial charge is 0.246 e. The quantitative estimate of drug-likeness (QED) is 0.896. The van der Waals surface area contributed by atoms with Crippen molar-refractivity contribution < 1.29 is 4.52 Å². The maximum atomic E-state index is 6.13. The van der Waals surface area contributed by atoms with Gasteiger partial charge in [-0.15, -0.1) is 0 Å². The summed E-state index contributed by atoms with van der Waals surface area (Å²) in [6.45, 7) is 4.87. The Morgan fingerprint density at radius 2 is 2.26 bits per heavy atom. The zero-order valence-corrected chi connectivity index (χ0v) is 11.4. The molecular formula is C14H20N4O. The van der Waals surface area contributed by atoms with Crippen LogP contribution in [0, 0.1) is 5.92 Å². The van der Waals surface area contributed by atoms with Gasteiger partial charge in [-0.1, -0.05) is 19.0 Å². The van der Waals surface area contributed by atoms with Crippen LogP contribution in [0.1, 0.15) is 55.9 Å². The van der Waals surface area contributed by atoms with Crippen molar-refractivity contribution in [3.63, 3.8) is 0 Å². The fourth-order valence-electron chi connectivity index (χ4n) is 2.14. The average Bonchev–Trinajstić information content (AvgIpc) is 2.96. The van der Waals surface area contributed by atoms with Crippen LogP contribution >= 0.6 is 0 Å². The van der Waals surface area contributed by atoms with Crippen LogP contribution in [0.15, 0.2) is 23.0 Å². The molecule has 1 unspecified atom stereocenters. The first-order valence-corrected chi connectivity index (χ1v) is 6.87. The third kappa shape index (κ3) is 2.71. The fraction of sp³-hybridized carbons (Fsp3) is 0.571. The summed E-state index contributed by atoms with van der Waals surface area (Å²) in [5.41, 5.74) is 7.28. The Morgan fingerprint density at radius 1 is 1.47 bits per heavy atom. The van der Waals surface area contributed by atoms with Crippen LogP contribution in [-0.4, -0.2) is 14.7 Å². The summed E-state index contributed by atoms with van der Waals surface area (Å²) in [4.78, 5) is 4.43. The van der Waals surface area contributed by atoms with Crippen LogP contribution in [-0.2, 0) is 6.54 Å². The molecule has 0 bridgehead atoms. The van der Waals surface area contributed by atoms with E-state index in [1.807, 2.05) is 10.8 Å². The van der Waals surface area contributed by atoms with Gasteiger partial charge in [0, 0.05) is 24.4 Å². The van der Waals surface area contributed by atoms with Crippen molar-refractivity contribution in [2.45, 2.75) is 45.2 Å². The molecule has 2 N–H and O–H groups in total. The van der Waals surface area contributed by atoms with E-state index in [0.717, 1.165) is 11.4 Å². The van der Waals surface area contributed by atoms with Crippen molar-refractivity contribution in [2.75, 3.05) is 0 Å². The summed E-state index contributed by atoms with van der Waals surface area (Å²) in [5.74, 6) is 2.50. The van der Waals surface area contributed by atoms with Crippen LogP contribution in [0.5, 0.6) is 0 Å². The van der Waals surface area contributed by atoms with Crippen molar-refractivity contribution in [2.24, 2.45) is 11.7 Å². The second-order valence-electron chi connectivity index (χ2n) is 5.71. The van der Waals surface area contributed by atoms with E-state index < -0.39 is 0 Å². The van der Waals surface area contributed by atoms with Crippen molar-refractivity contribution in [3.05, 3.63) is 35.7 Å². The SMILES string of the molecule is CC(C)C(N)c1ccn(Cc2nc(C3CC3)no2)c1. The lowest BCUT2D eigenvalue weighted by atomic mass is 10.00. The zero-order chi connectivity index (χ0) is 13.4. The first-order valence-electron chi connectivity index (χ1n) is 6.87. The molecule has 5 heteroatoms. The van der Waals surface area contributed by atoms with Crippen LogP contribution in [0.4, 0.5) is 0 Å². The van der Waals surface area contributed by atoms with Crippen LogP contribution in [0.25, 0.3) is 0 Å². The van der Waals surface area contributed by atoms with E-state index in [-0.39, 0.29) is 6.04 Å². The number of aromatic nitrogens is 3. The molecule has 2 aromatic heterocycles. The van der Waals surface area contributed by atoms with Gasteiger partial charge >= 0.3 is 0 Å². The average molecular weight is 260 g/mol. The van der Waals surface area contributed by atoms with Gasteiger partial charge in [0.05, 0.1) is 0 Å². The molecule has 1 aliphatic carbocycles. The molecule has 102 valence electrons. The molecule has 0 spiro atoms. The Labute approximate surface area is 112 Å². The largest absolute Gasteiger partial charge is 0.345 e. The first kappa shape index (κ1) is 12.4. The first-order chi connectivity index (χ1) is 9.13. The zero-order valence-electron chi connectivity index (χ0n) is 11.4. The Hall–Kier alpha value is -1.62. The lowest BCUT2D eigenvalue weighted by Crippen LogP contribution is -2.15. The van der Waals surface area contributed by atoms with Gasteiger partial charge in [-0.2, -0.15) is 4.98 Å². The molecule has 1 atom stereocenters. The highest BCUT2D eigenvalue weighted by atomic mass is 16.5. The van der Waals surface area contributed by atoms with Crippen molar-refractivity contribution >= 4 is 0 Å².